The van der Waals surface area contributed by atoms with Crippen molar-refractivity contribution in [3.8, 4) is 0 Å². The summed E-state index contributed by atoms with van der Waals surface area (Å²) in [6.45, 7) is 6.72. The zero-order valence-electron chi connectivity index (χ0n) is 15.2. The Bertz CT molecular complexity index is 768. The lowest BCUT2D eigenvalue weighted by molar-refractivity contribution is -0.133. The highest BCUT2D eigenvalue weighted by Gasteiger charge is 2.23. The van der Waals surface area contributed by atoms with Gasteiger partial charge < -0.3 is 9.80 Å². The van der Waals surface area contributed by atoms with E-state index < -0.39 is 0 Å². The van der Waals surface area contributed by atoms with Crippen LogP contribution >= 0.6 is 0 Å². The first-order chi connectivity index (χ1) is 12.5. The highest BCUT2D eigenvalue weighted by atomic mass is 16.6. The minimum absolute atomic E-state index is 0.00901. The first kappa shape index (κ1) is 18.1. The molecule has 9 nitrogen and oxygen atoms in total. The topological polar surface area (TPSA) is 97.4 Å². The van der Waals surface area contributed by atoms with E-state index in [1.807, 2.05) is 22.6 Å². The number of carbonyl (C=O) groups excluding carboxylic acids is 2. The molecule has 1 aliphatic heterocycles. The second kappa shape index (κ2) is 8.11. The van der Waals surface area contributed by atoms with Gasteiger partial charge in [0.05, 0.1) is 6.42 Å². The molecule has 0 atom stereocenters. The minimum atomic E-state index is -0.00901. The van der Waals surface area contributed by atoms with E-state index in [-0.39, 0.29) is 18.2 Å². The maximum atomic E-state index is 12.5. The van der Waals surface area contributed by atoms with Gasteiger partial charge in [-0.05, 0) is 26.3 Å². The van der Waals surface area contributed by atoms with Crippen molar-refractivity contribution in [2.45, 2.75) is 39.7 Å². The van der Waals surface area contributed by atoms with E-state index in [1.54, 1.807) is 18.0 Å². The fraction of sp³-hybridized carbons (Fsp3) is 0.588. The molecule has 9 heteroatoms. The molecule has 3 rings (SSSR count). The van der Waals surface area contributed by atoms with Crippen molar-refractivity contribution in [3.63, 3.8) is 0 Å². The summed E-state index contributed by atoms with van der Waals surface area (Å²) in [5.41, 5.74) is 2.25. The molecule has 2 aromatic rings. The summed E-state index contributed by atoms with van der Waals surface area (Å²) in [6, 6.07) is 1.92. The summed E-state index contributed by atoms with van der Waals surface area (Å²) in [6.07, 6.45) is 3.11. The number of hydrogen-bond donors (Lipinski definition) is 0. The van der Waals surface area contributed by atoms with E-state index in [0.717, 1.165) is 12.1 Å². The fourth-order valence-electron chi connectivity index (χ4n) is 3.07. The van der Waals surface area contributed by atoms with Crippen LogP contribution in [0.25, 0.3) is 0 Å². The Morgan fingerprint density at radius 1 is 1.08 bits per heavy atom. The molecule has 0 bridgehead atoms. The SMILES string of the molecule is Cc1nonc1CC(=O)N1CCCN(C(=O)CCn2nccc2C)CC1. The van der Waals surface area contributed by atoms with E-state index in [0.29, 0.717) is 50.5 Å². The Morgan fingerprint density at radius 2 is 1.81 bits per heavy atom. The normalized spacial score (nSPS) is 15.2. The summed E-state index contributed by atoms with van der Waals surface area (Å²) in [7, 11) is 0. The Morgan fingerprint density at radius 3 is 2.42 bits per heavy atom. The number of amides is 2. The van der Waals surface area contributed by atoms with E-state index in [4.69, 9.17) is 0 Å². The van der Waals surface area contributed by atoms with Gasteiger partial charge in [0.1, 0.15) is 11.4 Å². The summed E-state index contributed by atoms with van der Waals surface area (Å²) in [5, 5.41) is 11.7. The molecular formula is C17H24N6O3. The van der Waals surface area contributed by atoms with Crippen molar-refractivity contribution in [1.82, 2.24) is 29.9 Å². The van der Waals surface area contributed by atoms with E-state index >= 15 is 0 Å². The Hall–Kier alpha value is -2.71. The van der Waals surface area contributed by atoms with Crippen LogP contribution in [0.4, 0.5) is 0 Å². The van der Waals surface area contributed by atoms with Gasteiger partial charge in [0.2, 0.25) is 11.8 Å². The third-order valence-electron chi connectivity index (χ3n) is 4.73. The van der Waals surface area contributed by atoms with Crippen LogP contribution in [0.5, 0.6) is 0 Å². The standard InChI is InChI=1S/C17H24N6O3/c1-13-4-6-18-23(13)9-5-16(24)21-7-3-8-22(11-10-21)17(25)12-15-14(2)19-26-20-15/h4,6H,3,5,7-12H2,1-2H3. The van der Waals surface area contributed by atoms with Crippen LogP contribution in [-0.4, -0.2) is 67.9 Å². The first-order valence-corrected chi connectivity index (χ1v) is 8.86. The third-order valence-corrected chi connectivity index (χ3v) is 4.73. The second-order valence-electron chi connectivity index (χ2n) is 6.53. The maximum Gasteiger partial charge on any atom is 0.228 e. The smallest absolute Gasteiger partial charge is 0.228 e. The van der Waals surface area contributed by atoms with Crippen LogP contribution in [-0.2, 0) is 22.6 Å². The van der Waals surface area contributed by atoms with Gasteiger partial charge in [-0.3, -0.25) is 14.3 Å². The van der Waals surface area contributed by atoms with Crippen molar-refractivity contribution in [3.05, 3.63) is 29.3 Å². The summed E-state index contributed by atoms with van der Waals surface area (Å²) in [5.74, 6) is 0.0935. The summed E-state index contributed by atoms with van der Waals surface area (Å²) < 4.78 is 6.48. The van der Waals surface area contributed by atoms with Gasteiger partial charge in [-0.2, -0.15) is 5.10 Å². The molecule has 3 heterocycles. The third kappa shape index (κ3) is 4.27. The van der Waals surface area contributed by atoms with Crippen LogP contribution < -0.4 is 0 Å². The van der Waals surface area contributed by atoms with Crippen LogP contribution in [0.2, 0.25) is 0 Å². The summed E-state index contributed by atoms with van der Waals surface area (Å²) >= 11 is 0. The van der Waals surface area contributed by atoms with E-state index in [9.17, 15) is 9.59 Å². The molecule has 0 aromatic carbocycles. The van der Waals surface area contributed by atoms with Gasteiger partial charge in [-0.1, -0.05) is 10.3 Å². The second-order valence-corrected chi connectivity index (χ2v) is 6.53. The molecule has 1 aliphatic rings. The van der Waals surface area contributed by atoms with Crippen molar-refractivity contribution in [2.24, 2.45) is 0 Å². The number of carbonyl (C=O) groups is 2. The summed E-state index contributed by atoms with van der Waals surface area (Å²) in [4.78, 5) is 28.6. The zero-order valence-corrected chi connectivity index (χ0v) is 15.2. The van der Waals surface area contributed by atoms with E-state index in [1.165, 1.54) is 0 Å². The highest BCUT2D eigenvalue weighted by Crippen LogP contribution is 2.10. The van der Waals surface area contributed by atoms with Crippen molar-refractivity contribution in [2.75, 3.05) is 26.2 Å². The number of rotatable bonds is 5. The molecular weight excluding hydrogens is 336 g/mol. The predicted molar refractivity (Wildman–Crippen MR) is 92.1 cm³/mol. The largest absolute Gasteiger partial charge is 0.341 e. The maximum absolute atomic E-state index is 12.5. The molecule has 0 aliphatic carbocycles. The average molecular weight is 360 g/mol. The van der Waals surface area contributed by atoms with Crippen LogP contribution in [0.3, 0.4) is 0 Å². The molecule has 0 N–H and O–H groups in total. The van der Waals surface area contributed by atoms with Gasteiger partial charge in [0.25, 0.3) is 0 Å². The van der Waals surface area contributed by atoms with Crippen LogP contribution in [0.15, 0.2) is 16.9 Å². The lowest BCUT2D eigenvalue weighted by atomic mass is 10.2. The van der Waals surface area contributed by atoms with Crippen LogP contribution in [0, 0.1) is 13.8 Å². The molecule has 2 aromatic heterocycles. The average Bonchev–Trinajstić information content (AvgIpc) is 3.12. The van der Waals surface area contributed by atoms with Gasteiger partial charge >= 0.3 is 0 Å². The molecule has 0 unspecified atom stereocenters. The zero-order chi connectivity index (χ0) is 18.5. The van der Waals surface area contributed by atoms with Crippen molar-refractivity contribution >= 4 is 11.8 Å². The fourth-order valence-corrected chi connectivity index (χ4v) is 3.07. The van der Waals surface area contributed by atoms with Gasteiger partial charge in [0.15, 0.2) is 0 Å². The molecule has 2 amide bonds. The highest BCUT2D eigenvalue weighted by molar-refractivity contribution is 5.79. The molecule has 0 saturated carbocycles. The van der Waals surface area contributed by atoms with Gasteiger partial charge in [-0.25, -0.2) is 4.63 Å². The quantitative estimate of drug-likeness (QED) is 0.773. The van der Waals surface area contributed by atoms with Crippen molar-refractivity contribution < 1.29 is 14.2 Å². The Balaban J connectivity index is 1.49. The van der Waals surface area contributed by atoms with Gasteiger partial charge in [-0.15, -0.1) is 0 Å². The molecule has 1 fully saturated rings. The van der Waals surface area contributed by atoms with E-state index in [2.05, 4.69) is 20.0 Å². The Kier molecular flexibility index (Phi) is 5.65. The molecule has 1 saturated heterocycles. The van der Waals surface area contributed by atoms with Gasteiger partial charge in [0, 0.05) is 51.0 Å². The molecule has 0 spiro atoms. The van der Waals surface area contributed by atoms with Crippen LogP contribution in [0.1, 0.15) is 29.9 Å². The lowest BCUT2D eigenvalue weighted by Crippen LogP contribution is -2.38. The minimum Gasteiger partial charge on any atom is -0.341 e. The lowest BCUT2D eigenvalue weighted by Gasteiger charge is -2.22. The predicted octanol–water partition coefficient (Wildman–Crippen LogP) is 0.577. The number of aryl methyl sites for hydroxylation is 3. The Labute approximate surface area is 151 Å². The number of nitrogens with zero attached hydrogens (tertiary/aromatic N) is 6. The van der Waals surface area contributed by atoms with Crippen molar-refractivity contribution in [1.29, 1.82) is 0 Å². The molecule has 140 valence electrons. The first-order valence-electron chi connectivity index (χ1n) is 8.86. The molecule has 26 heavy (non-hydrogen) atoms. The monoisotopic (exact) mass is 360 g/mol. The molecule has 0 radical (unpaired) electrons. The number of hydrogen-bond acceptors (Lipinski definition) is 6. The number of aromatic nitrogens is 4.